The molecule has 2 N–H and O–H groups in total. The van der Waals surface area contributed by atoms with Crippen LogP contribution in [0.5, 0.6) is 0 Å². The molecule has 2 aliphatic rings. The third-order valence-electron chi connectivity index (χ3n) is 5.95. The molecular weight excluding hydrogens is 324 g/mol. The number of azo groups is 1. The Balaban J connectivity index is 2.24. The van der Waals surface area contributed by atoms with Crippen molar-refractivity contribution in [2.45, 2.75) is 102 Å². The molecule has 0 amide bonds. The van der Waals surface area contributed by atoms with Crippen LogP contribution in [-0.2, 0) is 0 Å². The fourth-order valence-corrected chi connectivity index (χ4v) is 3.87. The van der Waals surface area contributed by atoms with Gasteiger partial charge in [-0.2, -0.15) is 10.2 Å². The lowest BCUT2D eigenvalue weighted by atomic mass is 9.83. The monoisotopic (exact) mass is 362 g/mol. The molecule has 26 heavy (non-hydrogen) atoms. The first-order valence-electron chi connectivity index (χ1n) is 10.3. The van der Waals surface area contributed by atoms with Crippen molar-refractivity contribution in [2.75, 3.05) is 13.1 Å². The van der Waals surface area contributed by atoms with Crippen LogP contribution < -0.4 is 10.6 Å². The molecule has 0 aromatic heterocycles. The molecule has 0 aliphatic carbocycles. The number of hydrogen-bond acceptors (Lipinski definition) is 6. The Morgan fingerprint density at radius 3 is 1.46 bits per heavy atom. The first-order chi connectivity index (χ1) is 12.2. The lowest BCUT2D eigenvalue weighted by Crippen LogP contribution is -2.57. The van der Waals surface area contributed by atoms with Gasteiger partial charge in [0.2, 0.25) is 0 Å². The van der Waals surface area contributed by atoms with E-state index in [2.05, 4.69) is 52.2 Å². The maximum Gasteiger partial charge on any atom is 0.137 e. The van der Waals surface area contributed by atoms with Crippen LogP contribution in [0.2, 0.25) is 0 Å². The summed E-state index contributed by atoms with van der Waals surface area (Å²) in [5.74, 6) is 0. The van der Waals surface area contributed by atoms with Crippen LogP contribution >= 0.6 is 0 Å². The summed E-state index contributed by atoms with van der Waals surface area (Å²) in [5, 5.41) is 16.9. The smallest absolute Gasteiger partial charge is 0.137 e. The van der Waals surface area contributed by atoms with Crippen molar-refractivity contribution >= 4 is 12.4 Å². The second-order valence-corrected chi connectivity index (χ2v) is 8.63. The standard InChI is InChI=1S/C20H38N6/c1-7-9-11-19(21-13-14-22-19)17(3,4)25-26-18(5,6)20(12-10-8-2)23-15-16-24-20/h13,15,22,24H,7-12,14,16H2,1-6H3. The molecule has 2 heterocycles. The van der Waals surface area contributed by atoms with Gasteiger partial charge >= 0.3 is 0 Å². The van der Waals surface area contributed by atoms with E-state index < -0.39 is 11.1 Å². The van der Waals surface area contributed by atoms with Gasteiger partial charge in [-0.3, -0.25) is 20.6 Å². The summed E-state index contributed by atoms with van der Waals surface area (Å²) in [4.78, 5) is 9.61. The van der Waals surface area contributed by atoms with Gasteiger partial charge in [-0.15, -0.1) is 0 Å². The molecule has 148 valence electrons. The van der Waals surface area contributed by atoms with Gasteiger partial charge in [-0.05, 0) is 53.4 Å². The minimum absolute atomic E-state index is 0.356. The molecule has 0 fully saturated rings. The highest BCUT2D eigenvalue weighted by Crippen LogP contribution is 2.38. The molecule has 2 aliphatic heterocycles. The average Bonchev–Trinajstić information content (AvgIpc) is 3.28. The topological polar surface area (TPSA) is 73.5 Å². The van der Waals surface area contributed by atoms with Gasteiger partial charge in [0, 0.05) is 25.5 Å². The van der Waals surface area contributed by atoms with Crippen LogP contribution in [0, 0.1) is 0 Å². The molecular formula is C20H38N6. The van der Waals surface area contributed by atoms with Gasteiger partial charge in [0.1, 0.15) is 22.4 Å². The van der Waals surface area contributed by atoms with Gasteiger partial charge in [-0.25, -0.2) is 0 Å². The van der Waals surface area contributed by atoms with Crippen LogP contribution in [0.4, 0.5) is 0 Å². The zero-order valence-electron chi connectivity index (χ0n) is 17.6. The van der Waals surface area contributed by atoms with E-state index in [9.17, 15) is 0 Å². The van der Waals surface area contributed by atoms with Crippen LogP contribution in [0.3, 0.4) is 0 Å². The van der Waals surface area contributed by atoms with E-state index in [0.29, 0.717) is 0 Å². The van der Waals surface area contributed by atoms with Crippen molar-refractivity contribution in [2.24, 2.45) is 20.2 Å². The average molecular weight is 363 g/mol. The highest BCUT2D eigenvalue weighted by Gasteiger charge is 2.49. The summed E-state index contributed by atoms with van der Waals surface area (Å²) in [6.45, 7) is 14.6. The normalized spacial score (nSPS) is 29.3. The molecule has 2 unspecified atom stereocenters. The molecule has 0 aromatic carbocycles. The largest absolute Gasteiger partial charge is 0.286 e. The Kier molecular flexibility index (Phi) is 6.72. The molecule has 0 aromatic rings. The first kappa shape index (κ1) is 21.2. The summed E-state index contributed by atoms with van der Waals surface area (Å²) in [5.41, 5.74) is -1.54. The van der Waals surface area contributed by atoms with Gasteiger partial charge in [-0.1, -0.05) is 26.7 Å². The summed E-state index contributed by atoms with van der Waals surface area (Å²) in [6.07, 6.45) is 10.5. The van der Waals surface area contributed by atoms with Crippen molar-refractivity contribution < 1.29 is 0 Å². The van der Waals surface area contributed by atoms with Crippen LogP contribution in [-0.4, -0.2) is 47.9 Å². The van der Waals surface area contributed by atoms with Crippen molar-refractivity contribution in [3.8, 4) is 0 Å². The minimum Gasteiger partial charge on any atom is -0.286 e. The number of nitrogens with one attached hydrogen (secondary N) is 2. The summed E-state index contributed by atoms with van der Waals surface area (Å²) < 4.78 is 0. The molecule has 0 bridgehead atoms. The third-order valence-corrected chi connectivity index (χ3v) is 5.95. The number of unbranched alkanes of at least 4 members (excludes halogenated alkanes) is 2. The minimum atomic E-state index is -0.416. The zero-order chi connectivity index (χ0) is 19.3. The van der Waals surface area contributed by atoms with Gasteiger partial charge in [0.25, 0.3) is 0 Å². The number of aliphatic imine (C=N–C) groups is 2. The highest BCUT2D eigenvalue weighted by molar-refractivity contribution is 5.64. The van der Waals surface area contributed by atoms with E-state index >= 15 is 0 Å². The summed E-state index contributed by atoms with van der Waals surface area (Å²) in [7, 11) is 0. The fourth-order valence-electron chi connectivity index (χ4n) is 3.87. The number of hydrogen-bond donors (Lipinski definition) is 2. The molecule has 0 spiro atoms. The van der Waals surface area contributed by atoms with Crippen LogP contribution in [0.15, 0.2) is 20.2 Å². The van der Waals surface area contributed by atoms with E-state index in [4.69, 9.17) is 20.2 Å². The first-order valence-corrected chi connectivity index (χ1v) is 10.3. The van der Waals surface area contributed by atoms with Crippen molar-refractivity contribution in [3.05, 3.63) is 0 Å². The van der Waals surface area contributed by atoms with Crippen LogP contribution in [0.25, 0.3) is 0 Å². The maximum absolute atomic E-state index is 4.87. The Bertz CT molecular complexity index is 503. The Morgan fingerprint density at radius 1 is 0.808 bits per heavy atom. The molecule has 0 saturated heterocycles. The lowest BCUT2D eigenvalue weighted by molar-refractivity contribution is 0.169. The molecule has 6 nitrogen and oxygen atoms in total. The SMILES string of the molecule is CCCCC1(C(C)(C)N=NC(C)(C)C2(CCCC)N=CCN2)N=CCN1. The van der Waals surface area contributed by atoms with Crippen LogP contribution in [0.1, 0.15) is 80.1 Å². The Hall–Kier alpha value is -1.14. The summed E-state index contributed by atoms with van der Waals surface area (Å²) >= 11 is 0. The molecule has 2 atom stereocenters. The van der Waals surface area contributed by atoms with Gasteiger partial charge in [0.05, 0.1) is 0 Å². The Labute approximate surface area is 159 Å². The van der Waals surface area contributed by atoms with Crippen molar-refractivity contribution in [3.63, 3.8) is 0 Å². The van der Waals surface area contributed by atoms with Gasteiger partial charge < -0.3 is 0 Å². The maximum atomic E-state index is 4.87. The van der Waals surface area contributed by atoms with E-state index in [-0.39, 0.29) is 11.3 Å². The molecule has 2 rings (SSSR count). The van der Waals surface area contributed by atoms with Crippen molar-refractivity contribution in [1.29, 1.82) is 0 Å². The van der Waals surface area contributed by atoms with E-state index in [1.54, 1.807) is 0 Å². The fraction of sp³-hybridized carbons (Fsp3) is 0.900. The predicted molar refractivity (Wildman–Crippen MR) is 111 cm³/mol. The molecule has 6 heteroatoms. The second kappa shape index (κ2) is 8.26. The van der Waals surface area contributed by atoms with E-state index in [1.807, 2.05) is 12.4 Å². The van der Waals surface area contributed by atoms with Crippen molar-refractivity contribution in [1.82, 2.24) is 10.6 Å². The summed E-state index contributed by atoms with van der Waals surface area (Å²) in [6, 6.07) is 0. The second-order valence-electron chi connectivity index (χ2n) is 8.63. The molecule has 0 saturated carbocycles. The predicted octanol–water partition coefficient (Wildman–Crippen LogP) is 4.12. The third kappa shape index (κ3) is 4.06. The number of rotatable bonds is 10. The quantitative estimate of drug-likeness (QED) is 0.574. The molecule has 0 radical (unpaired) electrons. The highest BCUT2D eigenvalue weighted by atomic mass is 15.3. The Morgan fingerprint density at radius 2 is 1.19 bits per heavy atom. The number of nitrogens with zero attached hydrogens (tertiary/aromatic N) is 4. The van der Waals surface area contributed by atoms with E-state index in [0.717, 1.165) is 51.6 Å². The van der Waals surface area contributed by atoms with Gasteiger partial charge in [0.15, 0.2) is 0 Å². The van der Waals surface area contributed by atoms with E-state index in [1.165, 1.54) is 0 Å². The zero-order valence-corrected chi connectivity index (χ0v) is 17.6. The lowest BCUT2D eigenvalue weighted by Gasteiger charge is -2.42.